The van der Waals surface area contributed by atoms with E-state index in [0.717, 1.165) is 6.07 Å². The molecule has 6 heteroatoms. The number of anilines is 1. The van der Waals surface area contributed by atoms with E-state index in [1.807, 2.05) is 6.07 Å². The van der Waals surface area contributed by atoms with Gasteiger partial charge in [-0.25, -0.2) is 13.2 Å². The second-order valence-corrected chi connectivity index (χ2v) is 4.42. The van der Waals surface area contributed by atoms with Gasteiger partial charge in [-0.3, -0.25) is 0 Å². The van der Waals surface area contributed by atoms with Crippen molar-refractivity contribution in [3.05, 3.63) is 63.9 Å². The summed E-state index contributed by atoms with van der Waals surface area (Å²) in [5, 5.41) is 11.9. The third-order valence-electron chi connectivity index (χ3n) is 2.65. The number of nitriles is 1. The Morgan fingerprint density at radius 2 is 1.75 bits per heavy atom. The van der Waals surface area contributed by atoms with Crippen molar-refractivity contribution >= 4 is 17.3 Å². The maximum absolute atomic E-state index is 13.4. The second kappa shape index (κ2) is 5.85. The Hall–Kier alpha value is -2.19. The van der Waals surface area contributed by atoms with Crippen molar-refractivity contribution < 1.29 is 13.2 Å². The molecule has 2 aromatic carbocycles. The normalized spacial score (nSPS) is 10.2. The van der Waals surface area contributed by atoms with Gasteiger partial charge in [0, 0.05) is 18.2 Å². The SMILES string of the molecule is N#Cc1ccc(Cl)c(NCc2cc(F)c(F)cc2F)c1. The molecular formula is C14H8ClF3N2. The van der Waals surface area contributed by atoms with Crippen LogP contribution in [0.3, 0.4) is 0 Å². The van der Waals surface area contributed by atoms with Gasteiger partial charge in [-0.2, -0.15) is 5.26 Å². The first-order chi connectivity index (χ1) is 9.51. The minimum absolute atomic E-state index is 0.0395. The molecule has 0 bridgehead atoms. The molecule has 0 heterocycles. The van der Waals surface area contributed by atoms with Crippen LogP contribution >= 0.6 is 11.6 Å². The molecular weight excluding hydrogens is 289 g/mol. The van der Waals surface area contributed by atoms with Crippen LogP contribution in [0.2, 0.25) is 5.02 Å². The predicted octanol–water partition coefficient (Wildman–Crippen LogP) is 4.24. The van der Waals surface area contributed by atoms with Gasteiger partial charge in [0.2, 0.25) is 0 Å². The van der Waals surface area contributed by atoms with Crippen LogP contribution in [0.25, 0.3) is 0 Å². The summed E-state index contributed by atoms with van der Waals surface area (Å²) in [6.45, 7) is -0.0857. The third-order valence-corrected chi connectivity index (χ3v) is 2.98. The van der Waals surface area contributed by atoms with E-state index >= 15 is 0 Å². The van der Waals surface area contributed by atoms with Gasteiger partial charge in [0.25, 0.3) is 0 Å². The highest BCUT2D eigenvalue weighted by molar-refractivity contribution is 6.33. The summed E-state index contributed by atoms with van der Waals surface area (Å²) in [7, 11) is 0. The van der Waals surface area contributed by atoms with Crippen molar-refractivity contribution in [1.29, 1.82) is 5.26 Å². The minimum Gasteiger partial charge on any atom is -0.380 e. The van der Waals surface area contributed by atoms with E-state index in [1.165, 1.54) is 18.2 Å². The summed E-state index contributed by atoms with van der Waals surface area (Å²) in [6.07, 6.45) is 0. The average molecular weight is 297 g/mol. The third kappa shape index (κ3) is 3.03. The standard InChI is InChI=1S/C14H8ClF3N2/c15-10-2-1-8(6-19)3-14(10)20-7-9-4-12(17)13(18)5-11(9)16/h1-5,20H,7H2. The maximum Gasteiger partial charge on any atom is 0.161 e. The lowest BCUT2D eigenvalue weighted by Gasteiger charge is -2.10. The first-order valence-corrected chi connectivity index (χ1v) is 5.96. The molecule has 1 N–H and O–H groups in total. The molecule has 2 nitrogen and oxygen atoms in total. The fraction of sp³-hybridized carbons (Fsp3) is 0.0714. The van der Waals surface area contributed by atoms with Crippen LogP contribution in [-0.4, -0.2) is 0 Å². The lowest BCUT2D eigenvalue weighted by atomic mass is 10.1. The van der Waals surface area contributed by atoms with Crippen LogP contribution in [0.5, 0.6) is 0 Å². The van der Waals surface area contributed by atoms with Gasteiger partial charge in [0.1, 0.15) is 5.82 Å². The smallest absolute Gasteiger partial charge is 0.161 e. The highest BCUT2D eigenvalue weighted by Gasteiger charge is 2.10. The number of rotatable bonds is 3. The fourth-order valence-electron chi connectivity index (χ4n) is 1.62. The number of hydrogen-bond acceptors (Lipinski definition) is 2. The van der Waals surface area contributed by atoms with Crippen molar-refractivity contribution in [3.63, 3.8) is 0 Å². The monoisotopic (exact) mass is 296 g/mol. The molecule has 2 aromatic rings. The zero-order chi connectivity index (χ0) is 14.7. The van der Waals surface area contributed by atoms with Gasteiger partial charge < -0.3 is 5.32 Å². The van der Waals surface area contributed by atoms with Crippen molar-refractivity contribution in [2.45, 2.75) is 6.54 Å². The molecule has 2 rings (SSSR count). The highest BCUT2D eigenvalue weighted by Crippen LogP contribution is 2.24. The maximum atomic E-state index is 13.4. The molecule has 0 aliphatic heterocycles. The highest BCUT2D eigenvalue weighted by atomic mass is 35.5. The van der Waals surface area contributed by atoms with E-state index < -0.39 is 17.5 Å². The van der Waals surface area contributed by atoms with E-state index in [2.05, 4.69) is 5.32 Å². The van der Waals surface area contributed by atoms with Gasteiger partial charge in [-0.05, 0) is 24.3 Å². The number of benzene rings is 2. The molecule has 0 saturated carbocycles. The zero-order valence-corrected chi connectivity index (χ0v) is 10.8. The van der Waals surface area contributed by atoms with Crippen molar-refractivity contribution in [2.75, 3.05) is 5.32 Å². The number of nitrogens with zero attached hydrogens (tertiary/aromatic N) is 1. The van der Waals surface area contributed by atoms with Gasteiger partial charge in [0.15, 0.2) is 11.6 Å². The lowest BCUT2D eigenvalue weighted by molar-refractivity contribution is 0.490. The van der Waals surface area contributed by atoms with Crippen LogP contribution in [0.4, 0.5) is 18.9 Å². The van der Waals surface area contributed by atoms with Gasteiger partial charge >= 0.3 is 0 Å². The molecule has 0 unspecified atom stereocenters. The average Bonchev–Trinajstić information content (AvgIpc) is 2.43. The molecule has 0 spiro atoms. The van der Waals surface area contributed by atoms with Crippen LogP contribution in [-0.2, 0) is 6.54 Å². The van der Waals surface area contributed by atoms with Gasteiger partial charge in [0.05, 0.1) is 22.3 Å². The van der Waals surface area contributed by atoms with Crippen molar-refractivity contribution in [1.82, 2.24) is 0 Å². The molecule has 0 aliphatic carbocycles. The molecule has 0 radical (unpaired) electrons. The lowest BCUT2D eigenvalue weighted by Crippen LogP contribution is -2.04. The Balaban J connectivity index is 2.21. The van der Waals surface area contributed by atoms with Crippen LogP contribution in [0, 0.1) is 28.8 Å². The Labute approximate surface area is 118 Å². The first-order valence-electron chi connectivity index (χ1n) is 5.58. The van der Waals surface area contributed by atoms with Crippen molar-refractivity contribution in [3.8, 4) is 6.07 Å². The summed E-state index contributed by atoms with van der Waals surface area (Å²) in [6, 6.07) is 7.74. The minimum atomic E-state index is -1.24. The number of hydrogen-bond donors (Lipinski definition) is 1. The van der Waals surface area contributed by atoms with E-state index in [-0.39, 0.29) is 12.1 Å². The summed E-state index contributed by atoms with van der Waals surface area (Å²) >= 11 is 5.92. The summed E-state index contributed by atoms with van der Waals surface area (Å²) in [5.74, 6) is -3.22. The summed E-state index contributed by atoms with van der Waals surface area (Å²) in [5.41, 5.74) is 0.750. The Morgan fingerprint density at radius 3 is 2.45 bits per heavy atom. The summed E-state index contributed by atoms with van der Waals surface area (Å²) in [4.78, 5) is 0. The number of halogens is 4. The largest absolute Gasteiger partial charge is 0.380 e. The predicted molar refractivity (Wildman–Crippen MR) is 69.8 cm³/mol. The Kier molecular flexibility index (Phi) is 4.16. The van der Waals surface area contributed by atoms with E-state index in [4.69, 9.17) is 16.9 Å². The Bertz CT molecular complexity index is 696. The van der Waals surface area contributed by atoms with Gasteiger partial charge in [-0.15, -0.1) is 0 Å². The zero-order valence-electron chi connectivity index (χ0n) is 10.1. The number of nitrogens with one attached hydrogen (secondary N) is 1. The van der Waals surface area contributed by atoms with Crippen molar-refractivity contribution in [2.24, 2.45) is 0 Å². The molecule has 20 heavy (non-hydrogen) atoms. The van der Waals surface area contributed by atoms with Gasteiger partial charge in [-0.1, -0.05) is 11.6 Å². The molecule has 0 aromatic heterocycles. The van der Waals surface area contributed by atoms with Crippen LogP contribution in [0.15, 0.2) is 30.3 Å². The molecule has 0 atom stereocenters. The first kappa shape index (κ1) is 14.2. The van der Waals surface area contributed by atoms with Crippen LogP contribution < -0.4 is 5.32 Å². The van der Waals surface area contributed by atoms with E-state index in [1.54, 1.807) is 0 Å². The quantitative estimate of drug-likeness (QED) is 0.860. The topological polar surface area (TPSA) is 35.8 Å². The molecule has 102 valence electrons. The van der Waals surface area contributed by atoms with E-state index in [9.17, 15) is 13.2 Å². The molecule has 0 saturated heterocycles. The fourth-order valence-corrected chi connectivity index (χ4v) is 1.80. The summed E-state index contributed by atoms with van der Waals surface area (Å²) < 4.78 is 39.3. The molecule has 0 aliphatic rings. The molecule has 0 fully saturated rings. The van der Waals surface area contributed by atoms with Crippen LogP contribution in [0.1, 0.15) is 11.1 Å². The molecule has 0 amide bonds. The Morgan fingerprint density at radius 1 is 1.05 bits per heavy atom. The second-order valence-electron chi connectivity index (χ2n) is 4.02. The van der Waals surface area contributed by atoms with E-state index in [0.29, 0.717) is 22.3 Å².